The lowest BCUT2D eigenvalue weighted by Crippen LogP contribution is -1.93. The van der Waals surface area contributed by atoms with Crippen molar-refractivity contribution in [3.8, 4) is 0 Å². The minimum atomic E-state index is -0.0996. The molecule has 1 aromatic heterocycles. The number of alkyl halides is 1. The first kappa shape index (κ1) is 12.0. The van der Waals surface area contributed by atoms with Gasteiger partial charge in [-0.05, 0) is 36.6 Å². The monoisotopic (exact) mass is 270 g/mol. The number of hydrogen-bond acceptors (Lipinski definition) is 1. The summed E-state index contributed by atoms with van der Waals surface area (Å²) in [6.45, 7) is 4.08. The number of halogens is 2. The van der Waals surface area contributed by atoms with Crippen LogP contribution in [0, 0.1) is 13.8 Å². The Labute approximate surface area is 110 Å². The first-order valence-electron chi connectivity index (χ1n) is 5.05. The van der Waals surface area contributed by atoms with Crippen molar-refractivity contribution in [3.05, 3.63) is 56.2 Å². The summed E-state index contributed by atoms with van der Waals surface area (Å²) in [5.41, 5.74) is 3.47. The van der Waals surface area contributed by atoms with E-state index in [1.165, 1.54) is 5.56 Å². The van der Waals surface area contributed by atoms with Crippen LogP contribution in [0.4, 0.5) is 0 Å². The molecule has 1 atom stereocenters. The molecule has 0 saturated carbocycles. The van der Waals surface area contributed by atoms with Gasteiger partial charge in [-0.1, -0.05) is 35.9 Å². The van der Waals surface area contributed by atoms with Crippen LogP contribution in [-0.2, 0) is 0 Å². The second kappa shape index (κ2) is 4.79. The Bertz CT molecular complexity index is 483. The van der Waals surface area contributed by atoms with Gasteiger partial charge in [0.1, 0.15) is 0 Å². The van der Waals surface area contributed by atoms with Crippen LogP contribution >= 0.6 is 34.5 Å². The van der Waals surface area contributed by atoms with Crippen LogP contribution in [0.3, 0.4) is 0 Å². The molecule has 0 aliphatic rings. The van der Waals surface area contributed by atoms with E-state index in [1.807, 2.05) is 19.1 Å². The summed E-state index contributed by atoms with van der Waals surface area (Å²) in [6.07, 6.45) is 0. The minimum Gasteiger partial charge on any atom is -0.126 e. The van der Waals surface area contributed by atoms with E-state index < -0.39 is 0 Å². The number of aryl methyl sites for hydroxylation is 2. The molecular weight excluding hydrogens is 259 g/mol. The Morgan fingerprint density at radius 2 is 1.81 bits per heavy atom. The number of hydrogen-bond donors (Lipinski definition) is 0. The molecule has 0 saturated heterocycles. The topological polar surface area (TPSA) is 0 Å². The van der Waals surface area contributed by atoms with E-state index in [2.05, 4.69) is 25.1 Å². The van der Waals surface area contributed by atoms with Gasteiger partial charge in [0.05, 0.1) is 9.71 Å². The molecule has 0 aliphatic heterocycles. The second-order valence-corrected chi connectivity index (χ2v) is 5.95. The zero-order chi connectivity index (χ0) is 11.7. The van der Waals surface area contributed by atoms with Crippen LogP contribution in [-0.4, -0.2) is 0 Å². The van der Waals surface area contributed by atoms with E-state index in [4.69, 9.17) is 23.2 Å². The predicted octanol–water partition coefficient (Wildman–Crippen LogP) is 5.35. The lowest BCUT2D eigenvalue weighted by Gasteiger charge is -2.10. The van der Waals surface area contributed by atoms with Crippen molar-refractivity contribution >= 4 is 34.5 Å². The van der Waals surface area contributed by atoms with Crippen LogP contribution in [0.2, 0.25) is 4.34 Å². The molecular formula is C13H12Cl2S. The molecule has 3 heteroatoms. The van der Waals surface area contributed by atoms with Crippen molar-refractivity contribution in [2.45, 2.75) is 19.2 Å². The van der Waals surface area contributed by atoms with Crippen molar-refractivity contribution in [2.24, 2.45) is 0 Å². The van der Waals surface area contributed by atoms with E-state index in [-0.39, 0.29) is 5.38 Å². The molecule has 16 heavy (non-hydrogen) atoms. The summed E-state index contributed by atoms with van der Waals surface area (Å²) >= 11 is 14.1. The van der Waals surface area contributed by atoms with Gasteiger partial charge in [0.25, 0.3) is 0 Å². The molecule has 0 nitrogen and oxygen atoms in total. The van der Waals surface area contributed by atoms with Crippen molar-refractivity contribution in [3.63, 3.8) is 0 Å². The Morgan fingerprint density at radius 3 is 2.38 bits per heavy atom. The van der Waals surface area contributed by atoms with Crippen molar-refractivity contribution < 1.29 is 0 Å². The third-order valence-corrected chi connectivity index (χ3v) is 4.81. The zero-order valence-electron chi connectivity index (χ0n) is 9.13. The van der Waals surface area contributed by atoms with E-state index in [0.29, 0.717) is 0 Å². The standard InChI is InChI=1S/C13H12Cl2S/c1-8-5-3-4-6-10(8)12(14)11-7-9(2)13(15)16-11/h3-7,12H,1-2H3. The summed E-state index contributed by atoms with van der Waals surface area (Å²) in [5, 5.41) is -0.0996. The maximum absolute atomic E-state index is 6.47. The fourth-order valence-electron chi connectivity index (χ4n) is 1.63. The molecule has 0 aliphatic carbocycles. The van der Waals surface area contributed by atoms with Gasteiger partial charge in [-0.25, -0.2) is 0 Å². The zero-order valence-corrected chi connectivity index (χ0v) is 11.5. The normalized spacial score (nSPS) is 12.8. The molecule has 0 fully saturated rings. The first-order valence-corrected chi connectivity index (χ1v) is 6.68. The molecule has 0 radical (unpaired) electrons. The van der Waals surface area contributed by atoms with Crippen molar-refractivity contribution in [1.82, 2.24) is 0 Å². The summed E-state index contributed by atoms with van der Waals surface area (Å²) < 4.78 is 0.828. The van der Waals surface area contributed by atoms with Gasteiger partial charge in [0.2, 0.25) is 0 Å². The molecule has 0 bridgehead atoms. The number of rotatable bonds is 2. The van der Waals surface area contributed by atoms with Gasteiger partial charge in [0, 0.05) is 4.88 Å². The molecule has 0 spiro atoms. The molecule has 1 unspecified atom stereocenters. The highest BCUT2D eigenvalue weighted by Crippen LogP contribution is 2.38. The largest absolute Gasteiger partial charge is 0.126 e. The molecule has 1 aromatic carbocycles. The summed E-state index contributed by atoms with van der Waals surface area (Å²) in [7, 11) is 0. The molecule has 2 rings (SSSR count). The molecule has 2 aromatic rings. The van der Waals surface area contributed by atoms with E-state index in [1.54, 1.807) is 11.3 Å². The Kier molecular flexibility index (Phi) is 3.58. The number of benzene rings is 1. The fourth-order valence-corrected chi connectivity index (χ4v) is 3.29. The average molecular weight is 271 g/mol. The highest BCUT2D eigenvalue weighted by atomic mass is 35.5. The third kappa shape index (κ3) is 2.27. The highest BCUT2D eigenvalue weighted by Gasteiger charge is 2.16. The maximum atomic E-state index is 6.47. The predicted molar refractivity (Wildman–Crippen MR) is 72.9 cm³/mol. The van der Waals surface area contributed by atoms with Crippen LogP contribution in [0.1, 0.15) is 26.9 Å². The minimum absolute atomic E-state index is 0.0996. The van der Waals surface area contributed by atoms with Gasteiger partial charge < -0.3 is 0 Å². The first-order chi connectivity index (χ1) is 7.59. The van der Waals surface area contributed by atoms with Gasteiger partial charge in [0.15, 0.2) is 0 Å². The molecule has 0 amide bonds. The molecule has 0 N–H and O–H groups in total. The fraction of sp³-hybridized carbons (Fsp3) is 0.231. The van der Waals surface area contributed by atoms with Crippen LogP contribution in [0.5, 0.6) is 0 Å². The van der Waals surface area contributed by atoms with Crippen molar-refractivity contribution in [1.29, 1.82) is 0 Å². The third-order valence-electron chi connectivity index (χ3n) is 2.59. The maximum Gasteiger partial charge on any atom is 0.0960 e. The smallest absolute Gasteiger partial charge is 0.0960 e. The summed E-state index contributed by atoms with van der Waals surface area (Å²) in [5.74, 6) is 0. The van der Waals surface area contributed by atoms with Gasteiger partial charge in [-0.2, -0.15) is 0 Å². The van der Waals surface area contributed by atoms with Crippen molar-refractivity contribution in [2.75, 3.05) is 0 Å². The van der Waals surface area contributed by atoms with Gasteiger partial charge in [-0.15, -0.1) is 22.9 Å². The summed E-state index contributed by atoms with van der Waals surface area (Å²) in [4.78, 5) is 1.11. The Morgan fingerprint density at radius 1 is 1.12 bits per heavy atom. The quantitative estimate of drug-likeness (QED) is 0.646. The van der Waals surface area contributed by atoms with E-state index in [9.17, 15) is 0 Å². The van der Waals surface area contributed by atoms with E-state index in [0.717, 1.165) is 20.3 Å². The van der Waals surface area contributed by atoms with Gasteiger partial charge >= 0.3 is 0 Å². The average Bonchev–Trinajstić information content (AvgIpc) is 2.59. The van der Waals surface area contributed by atoms with Crippen LogP contribution in [0.15, 0.2) is 30.3 Å². The molecule has 84 valence electrons. The molecule has 1 heterocycles. The number of thiophene rings is 1. The lowest BCUT2D eigenvalue weighted by atomic mass is 10.0. The van der Waals surface area contributed by atoms with E-state index >= 15 is 0 Å². The van der Waals surface area contributed by atoms with Crippen LogP contribution < -0.4 is 0 Å². The second-order valence-electron chi connectivity index (χ2n) is 3.82. The van der Waals surface area contributed by atoms with Crippen LogP contribution in [0.25, 0.3) is 0 Å². The highest BCUT2D eigenvalue weighted by molar-refractivity contribution is 7.16. The summed E-state index contributed by atoms with van der Waals surface area (Å²) in [6, 6.07) is 10.2. The lowest BCUT2D eigenvalue weighted by molar-refractivity contribution is 1.14. The SMILES string of the molecule is Cc1ccccc1C(Cl)c1cc(C)c(Cl)s1. The van der Waals surface area contributed by atoms with Gasteiger partial charge in [-0.3, -0.25) is 0 Å². The Hall–Kier alpha value is -0.500. The Balaban J connectivity index is 2.39.